The topological polar surface area (TPSA) is 95.5 Å². The molecule has 0 aliphatic heterocycles. The number of hydrogen-bond acceptors (Lipinski definition) is 3. The average Bonchev–Trinajstić information content (AvgIpc) is 2.76. The molecule has 0 aromatic rings. The summed E-state index contributed by atoms with van der Waals surface area (Å²) in [4.78, 5) is 34.5. The Bertz CT molecular complexity index is 375. The summed E-state index contributed by atoms with van der Waals surface area (Å²) in [6, 6.07) is -0.592. The number of amides is 2. The van der Waals surface area contributed by atoms with E-state index < -0.39 is 17.4 Å². The highest BCUT2D eigenvalue weighted by atomic mass is 16.4. The second kappa shape index (κ2) is 7.26. The minimum absolute atomic E-state index is 0.0238. The first kappa shape index (κ1) is 16.5. The lowest BCUT2D eigenvalue weighted by atomic mass is 9.79. The largest absolute Gasteiger partial charge is 0.481 e. The van der Waals surface area contributed by atoms with Gasteiger partial charge in [0.05, 0.1) is 6.42 Å². The van der Waals surface area contributed by atoms with Crippen LogP contribution in [0, 0.1) is 5.41 Å². The highest BCUT2D eigenvalue weighted by molar-refractivity contribution is 5.87. The molecule has 2 amide bonds. The molecule has 1 aliphatic rings. The molecule has 0 bridgehead atoms. The second-order valence-electron chi connectivity index (χ2n) is 5.64. The second-order valence-corrected chi connectivity index (χ2v) is 5.64. The fraction of sp³-hybridized carbons (Fsp3) is 0.786. The first-order valence-corrected chi connectivity index (χ1v) is 7.17. The zero-order valence-corrected chi connectivity index (χ0v) is 12.2. The highest BCUT2D eigenvalue weighted by Gasteiger charge is 2.38. The zero-order valence-electron chi connectivity index (χ0n) is 12.2. The molecular weight excluding hydrogens is 260 g/mol. The summed E-state index contributed by atoms with van der Waals surface area (Å²) in [7, 11) is 0. The van der Waals surface area contributed by atoms with Gasteiger partial charge in [-0.05, 0) is 32.1 Å². The third kappa shape index (κ3) is 4.83. The lowest BCUT2D eigenvalue weighted by Crippen LogP contribution is -2.46. The molecule has 20 heavy (non-hydrogen) atoms. The van der Waals surface area contributed by atoms with Gasteiger partial charge in [-0.3, -0.25) is 14.4 Å². The van der Waals surface area contributed by atoms with Crippen molar-refractivity contribution in [1.29, 1.82) is 0 Å². The van der Waals surface area contributed by atoms with E-state index in [4.69, 9.17) is 5.11 Å². The van der Waals surface area contributed by atoms with E-state index in [2.05, 4.69) is 10.6 Å². The zero-order chi connectivity index (χ0) is 15.2. The van der Waals surface area contributed by atoms with Gasteiger partial charge >= 0.3 is 5.97 Å². The van der Waals surface area contributed by atoms with Gasteiger partial charge in [0, 0.05) is 13.0 Å². The summed E-state index contributed by atoms with van der Waals surface area (Å²) in [5.41, 5.74) is -0.434. The van der Waals surface area contributed by atoms with E-state index in [0.29, 0.717) is 6.54 Å². The van der Waals surface area contributed by atoms with Gasteiger partial charge in [0.15, 0.2) is 0 Å². The van der Waals surface area contributed by atoms with Crippen molar-refractivity contribution in [3.05, 3.63) is 0 Å². The minimum atomic E-state index is -0.864. The van der Waals surface area contributed by atoms with Crippen LogP contribution in [0.2, 0.25) is 0 Å². The van der Waals surface area contributed by atoms with Gasteiger partial charge in [-0.2, -0.15) is 0 Å². The SMILES string of the molecule is CCNC(=O)C(C)NC(=O)CC1(CC(=O)O)CCCC1. The van der Waals surface area contributed by atoms with Gasteiger partial charge in [-0.15, -0.1) is 0 Å². The van der Waals surface area contributed by atoms with Crippen molar-refractivity contribution in [3.63, 3.8) is 0 Å². The highest BCUT2D eigenvalue weighted by Crippen LogP contribution is 2.43. The summed E-state index contributed by atoms with van der Waals surface area (Å²) >= 11 is 0. The average molecular weight is 284 g/mol. The Morgan fingerprint density at radius 3 is 2.30 bits per heavy atom. The predicted octanol–water partition coefficient (Wildman–Crippen LogP) is 1.05. The number of carbonyl (C=O) groups is 3. The third-order valence-corrected chi connectivity index (χ3v) is 3.85. The van der Waals surface area contributed by atoms with Gasteiger partial charge in [0.25, 0.3) is 0 Å². The number of carboxylic acids is 1. The Morgan fingerprint density at radius 1 is 1.20 bits per heavy atom. The van der Waals surface area contributed by atoms with Gasteiger partial charge in [0.2, 0.25) is 11.8 Å². The number of likely N-dealkylation sites (N-methyl/N-ethyl adjacent to an activating group) is 1. The maximum atomic E-state index is 12.0. The lowest BCUT2D eigenvalue weighted by molar-refractivity contribution is -0.140. The fourth-order valence-corrected chi connectivity index (χ4v) is 2.89. The van der Waals surface area contributed by atoms with Crippen molar-refractivity contribution in [2.24, 2.45) is 5.41 Å². The molecule has 1 rings (SSSR count). The standard InChI is InChI=1S/C14H24N2O4/c1-3-15-13(20)10(2)16-11(17)8-14(9-12(18)19)6-4-5-7-14/h10H,3-9H2,1-2H3,(H,15,20)(H,16,17)(H,18,19). The van der Waals surface area contributed by atoms with E-state index in [1.54, 1.807) is 6.92 Å². The Hall–Kier alpha value is -1.59. The monoisotopic (exact) mass is 284 g/mol. The van der Waals surface area contributed by atoms with Gasteiger partial charge in [-0.1, -0.05) is 12.8 Å². The molecule has 6 nitrogen and oxygen atoms in total. The molecular formula is C14H24N2O4. The van der Waals surface area contributed by atoms with Crippen molar-refractivity contribution in [2.75, 3.05) is 6.54 Å². The molecule has 0 saturated heterocycles. The van der Waals surface area contributed by atoms with E-state index in [-0.39, 0.29) is 24.7 Å². The number of carbonyl (C=O) groups excluding carboxylic acids is 2. The number of aliphatic carboxylic acids is 1. The molecule has 1 unspecified atom stereocenters. The molecule has 0 aromatic carbocycles. The first-order valence-electron chi connectivity index (χ1n) is 7.17. The number of nitrogens with one attached hydrogen (secondary N) is 2. The predicted molar refractivity (Wildman–Crippen MR) is 74.1 cm³/mol. The van der Waals surface area contributed by atoms with Crippen LogP contribution in [-0.2, 0) is 14.4 Å². The molecule has 1 atom stereocenters. The molecule has 6 heteroatoms. The summed E-state index contributed by atoms with van der Waals surface area (Å²) in [5, 5.41) is 14.3. The minimum Gasteiger partial charge on any atom is -0.481 e. The van der Waals surface area contributed by atoms with Crippen LogP contribution in [-0.4, -0.2) is 35.5 Å². The number of rotatable bonds is 7. The van der Waals surface area contributed by atoms with Gasteiger partial charge < -0.3 is 15.7 Å². The molecule has 0 spiro atoms. The van der Waals surface area contributed by atoms with Crippen LogP contribution in [0.15, 0.2) is 0 Å². The summed E-state index contributed by atoms with van der Waals surface area (Å²) in [6.45, 7) is 3.95. The molecule has 0 radical (unpaired) electrons. The van der Waals surface area contributed by atoms with Gasteiger partial charge in [0.1, 0.15) is 6.04 Å². The molecule has 1 saturated carbocycles. The molecule has 0 heterocycles. The maximum Gasteiger partial charge on any atom is 0.303 e. The van der Waals surface area contributed by atoms with Crippen LogP contribution in [0.5, 0.6) is 0 Å². The quantitative estimate of drug-likeness (QED) is 0.651. The van der Waals surface area contributed by atoms with Crippen LogP contribution < -0.4 is 10.6 Å². The van der Waals surface area contributed by atoms with E-state index in [1.807, 2.05) is 6.92 Å². The fourth-order valence-electron chi connectivity index (χ4n) is 2.89. The summed E-state index contributed by atoms with van der Waals surface area (Å²) in [5.74, 6) is -1.33. The van der Waals surface area contributed by atoms with E-state index in [9.17, 15) is 14.4 Å². The van der Waals surface area contributed by atoms with Crippen molar-refractivity contribution < 1.29 is 19.5 Å². The summed E-state index contributed by atoms with van der Waals surface area (Å²) in [6.07, 6.45) is 3.67. The molecule has 114 valence electrons. The first-order chi connectivity index (χ1) is 9.38. The summed E-state index contributed by atoms with van der Waals surface area (Å²) < 4.78 is 0. The Labute approximate surface area is 119 Å². The third-order valence-electron chi connectivity index (χ3n) is 3.85. The normalized spacial score (nSPS) is 18.3. The van der Waals surface area contributed by atoms with Crippen molar-refractivity contribution in [3.8, 4) is 0 Å². The van der Waals surface area contributed by atoms with E-state index >= 15 is 0 Å². The number of hydrogen-bond donors (Lipinski definition) is 3. The van der Waals surface area contributed by atoms with E-state index in [0.717, 1.165) is 25.7 Å². The Balaban J connectivity index is 2.54. The molecule has 1 fully saturated rings. The lowest BCUT2D eigenvalue weighted by Gasteiger charge is -2.27. The van der Waals surface area contributed by atoms with Crippen LogP contribution in [0.25, 0.3) is 0 Å². The van der Waals surface area contributed by atoms with Crippen molar-refractivity contribution >= 4 is 17.8 Å². The van der Waals surface area contributed by atoms with Crippen LogP contribution in [0.1, 0.15) is 52.4 Å². The van der Waals surface area contributed by atoms with Gasteiger partial charge in [-0.25, -0.2) is 0 Å². The smallest absolute Gasteiger partial charge is 0.303 e. The molecule has 1 aliphatic carbocycles. The van der Waals surface area contributed by atoms with E-state index in [1.165, 1.54) is 0 Å². The number of carboxylic acid groups (broad SMARTS) is 1. The molecule has 0 aromatic heterocycles. The van der Waals surface area contributed by atoms with Crippen molar-refractivity contribution in [2.45, 2.75) is 58.4 Å². The molecule has 3 N–H and O–H groups in total. The Kier molecular flexibility index (Phi) is 5.98. The van der Waals surface area contributed by atoms with Crippen LogP contribution in [0.3, 0.4) is 0 Å². The van der Waals surface area contributed by atoms with Crippen LogP contribution >= 0.6 is 0 Å². The maximum absolute atomic E-state index is 12.0. The Morgan fingerprint density at radius 2 is 1.80 bits per heavy atom. The van der Waals surface area contributed by atoms with Crippen molar-refractivity contribution in [1.82, 2.24) is 10.6 Å². The van der Waals surface area contributed by atoms with Crippen LogP contribution in [0.4, 0.5) is 0 Å².